The van der Waals surface area contributed by atoms with Gasteiger partial charge in [0.25, 0.3) is 10.0 Å². The average Bonchev–Trinajstić information content (AvgIpc) is 2.75. The Morgan fingerprint density at radius 1 is 1.53 bits per heavy atom. The highest BCUT2D eigenvalue weighted by Crippen LogP contribution is 2.29. The van der Waals surface area contributed by atoms with Gasteiger partial charge >= 0.3 is 0 Å². The maximum absolute atomic E-state index is 12.6. The van der Waals surface area contributed by atoms with E-state index in [2.05, 4.69) is 0 Å². The molecule has 0 bridgehead atoms. The van der Waals surface area contributed by atoms with Gasteiger partial charge in [0.1, 0.15) is 4.21 Å². The second-order valence-corrected chi connectivity index (χ2v) is 8.74. The highest BCUT2D eigenvalue weighted by molar-refractivity contribution is 7.91. The number of rotatable bonds is 3. The molecular weight excluding hydrogens is 284 g/mol. The predicted molar refractivity (Wildman–Crippen MR) is 75.6 cm³/mol. The third-order valence-corrected chi connectivity index (χ3v) is 6.36. The predicted octanol–water partition coefficient (Wildman–Crippen LogP) is 1.39. The molecule has 1 aromatic heterocycles. The van der Waals surface area contributed by atoms with Crippen molar-refractivity contribution in [3.8, 4) is 0 Å². The molecule has 1 unspecified atom stereocenters. The molecule has 0 radical (unpaired) electrons. The lowest BCUT2D eigenvalue weighted by Crippen LogP contribution is -2.53. The van der Waals surface area contributed by atoms with E-state index in [-0.39, 0.29) is 6.10 Å². The lowest BCUT2D eigenvalue weighted by Gasteiger charge is -2.40. The third kappa shape index (κ3) is 3.17. The molecule has 1 aliphatic rings. The minimum Gasteiger partial charge on any atom is -0.370 e. The standard InChI is InChI=1S/C12H20N2O3S2/c1-9-7-14(8-12(2,3)17-9)19(15,16)11-5-4-10(6-13)18-11/h4-5,9H,6-8,13H2,1-3H3. The fourth-order valence-corrected chi connectivity index (χ4v) is 5.37. The van der Waals surface area contributed by atoms with Gasteiger partial charge in [-0.15, -0.1) is 11.3 Å². The summed E-state index contributed by atoms with van der Waals surface area (Å²) in [6.07, 6.45) is -0.104. The van der Waals surface area contributed by atoms with Crippen LogP contribution in [-0.4, -0.2) is 37.5 Å². The van der Waals surface area contributed by atoms with Crippen molar-refractivity contribution in [2.45, 2.75) is 43.2 Å². The molecule has 0 aliphatic carbocycles. The lowest BCUT2D eigenvalue weighted by atomic mass is 10.1. The van der Waals surface area contributed by atoms with Crippen molar-refractivity contribution < 1.29 is 13.2 Å². The van der Waals surface area contributed by atoms with Gasteiger partial charge in [0, 0.05) is 24.5 Å². The van der Waals surface area contributed by atoms with Crippen LogP contribution in [0.1, 0.15) is 25.6 Å². The number of ether oxygens (including phenoxy) is 1. The molecule has 108 valence electrons. The van der Waals surface area contributed by atoms with E-state index in [0.29, 0.717) is 23.8 Å². The van der Waals surface area contributed by atoms with Crippen LogP contribution in [0.25, 0.3) is 0 Å². The summed E-state index contributed by atoms with van der Waals surface area (Å²) >= 11 is 1.24. The maximum atomic E-state index is 12.6. The first-order valence-electron chi connectivity index (χ1n) is 6.21. The first-order valence-corrected chi connectivity index (χ1v) is 8.47. The van der Waals surface area contributed by atoms with Crippen LogP contribution in [0.2, 0.25) is 0 Å². The quantitative estimate of drug-likeness (QED) is 0.916. The Hall–Kier alpha value is -0.470. The van der Waals surface area contributed by atoms with Crippen LogP contribution >= 0.6 is 11.3 Å². The molecule has 7 heteroatoms. The number of hydrogen-bond acceptors (Lipinski definition) is 5. The number of nitrogens with zero attached hydrogens (tertiary/aromatic N) is 1. The smallest absolute Gasteiger partial charge is 0.252 e. The topological polar surface area (TPSA) is 72.6 Å². The third-order valence-electron chi connectivity index (χ3n) is 2.97. The average molecular weight is 304 g/mol. The summed E-state index contributed by atoms with van der Waals surface area (Å²) in [4.78, 5) is 0.874. The van der Waals surface area contributed by atoms with Crippen LogP contribution in [0.5, 0.6) is 0 Å². The summed E-state index contributed by atoms with van der Waals surface area (Å²) in [7, 11) is -3.44. The fraction of sp³-hybridized carbons (Fsp3) is 0.667. The first-order chi connectivity index (χ1) is 8.74. The van der Waals surface area contributed by atoms with Gasteiger partial charge in [0.15, 0.2) is 0 Å². The Bertz CT molecular complexity index is 551. The Kier molecular flexibility index (Phi) is 4.04. The Morgan fingerprint density at radius 2 is 2.21 bits per heavy atom. The molecule has 2 N–H and O–H groups in total. The largest absolute Gasteiger partial charge is 0.370 e. The summed E-state index contributed by atoms with van der Waals surface area (Å²) in [5, 5.41) is 0. The lowest BCUT2D eigenvalue weighted by molar-refractivity contribution is -0.109. The van der Waals surface area contributed by atoms with Crippen LogP contribution in [0.15, 0.2) is 16.3 Å². The molecule has 1 saturated heterocycles. The van der Waals surface area contributed by atoms with Gasteiger partial charge in [-0.1, -0.05) is 0 Å². The number of morpholine rings is 1. The van der Waals surface area contributed by atoms with Crippen LogP contribution in [0.3, 0.4) is 0 Å². The molecule has 5 nitrogen and oxygen atoms in total. The van der Waals surface area contributed by atoms with E-state index in [1.54, 1.807) is 12.1 Å². The molecule has 0 amide bonds. The molecule has 19 heavy (non-hydrogen) atoms. The van der Waals surface area contributed by atoms with E-state index in [0.717, 1.165) is 4.88 Å². The number of hydrogen-bond donors (Lipinski definition) is 1. The molecule has 1 fully saturated rings. The minimum absolute atomic E-state index is 0.104. The monoisotopic (exact) mass is 304 g/mol. The van der Waals surface area contributed by atoms with Gasteiger partial charge in [-0.25, -0.2) is 8.42 Å². The zero-order valence-corrected chi connectivity index (χ0v) is 13.1. The summed E-state index contributed by atoms with van der Waals surface area (Å²) in [5.74, 6) is 0. The second kappa shape index (κ2) is 5.14. The zero-order valence-electron chi connectivity index (χ0n) is 11.4. The van der Waals surface area contributed by atoms with Crippen LogP contribution < -0.4 is 5.73 Å². The fourth-order valence-electron chi connectivity index (χ4n) is 2.31. The van der Waals surface area contributed by atoms with E-state index in [1.807, 2.05) is 20.8 Å². The van der Waals surface area contributed by atoms with Crippen molar-refractivity contribution in [3.63, 3.8) is 0 Å². The number of nitrogens with two attached hydrogens (primary N) is 1. The van der Waals surface area contributed by atoms with Crippen molar-refractivity contribution in [2.24, 2.45) is 5.73 Å². The van der Waals surface area contributed by atoms with Crippen LogP contribution in [-0.2, 0) is 21.3 Å². The van der Waals surface area contributed by atoms with E-state index in [4.69, 9.17) is 10.5 Å². The molecule has 0 aromatic carbocycles. The normalized spacial score (nSPS) is 24.5. The molecule has 1 aromatic rings. The molecule has 0 spiro atoms. The molecule has 1 aliphatic heterocycles. The van der Waals surface area contributed by atoms with Gasteiger partial charge in [-0.2, -0.15) is 4.31 Å². The summed E-state index contributed by atoms with van der Waals surface area (Å²) in [5.41, 5.74) is 5.07. The highest BCUT2D eigenvalue weighted by atomic mass is 32.2. The SMILES string of the molecule is CC1CN(S(=O)(=O)c2ccc(CN)s2)CC(C)(C)O1. The van der Waals surface area contributed by atoms with Crippen LogP contribution in [0, 0.1) is 0 Å². The Labute approximate surface area is 118 Å². The summed E-state index contributed by atoms with van der Waals surface area (Å²) in [6, 6.07) is 3.40. The molecule has 1 atom stereocenters. The van der Waals surface area contributed by atoms with Crippen LogP contribution in [0.4, 0.5) is 0 Å². The Balaban J connectivity index is 2.28. The first kappa shape index (κ1) is 14.9. The van der Waals surface area contributed by atoms with Gasteiger partial charge < -0.3 is 10.5 Å². The van der Waals surface area contributed by atoms with E-state index in [1.165, 1.54) is 15.6 Å². The highest BCUT2D eigenvalue weighted by Gasteiger charge is 2.38. The van der Waals surface area contributed by atoms with Crippen molar-refractivity contribution in [1.29, 1.82) is 0 Å². The summed E-state index contributed by atoms with van der Waals surface area (Å²) in [6.45, 7) is 6.83. The molecule has 0 saturated carbocycles. The zero-order chi connectivity index (χ0) is 14.3. The van der Waals surface area contributed by atoms with Gasteiger partial charge in [0.05, 0.1) is 11.7 Å². The molecule has 2 rings (SSSR count). The van der Waals surface area contributed by atoms with Crippen molar-refractivity contribution in [3.05, 3.63) is 17.0 Å². The van der Waals surface area contributed by atoms with Crippen molar-refractivity contribution in [2.75, 3.05) is 13.1 Å². The Morgan fingerprint density at radius 3 is 2.74 bits per heavy atom. The number of sulfonamides is 1. The van der Waals surface area contributed by atoms with E-state index < -0.39 is 15.6 Å². The van der Waals surface area contributed by atoms with Crippen molar-refractivity contribution in [1.82, 2.24) is 4.31 Å². The van der Waals surface area contributed by atoms with E-state index >= 15 is 0 Å². The van der Waals surface area contributed by atoms with Gasteiger partial charge in [-0.3, -0.25) is 0 Å². The van der Waals surface area contributed by atoms with Crippen molar-refractivity contribution >= 4 is 21.4 Å². The summed E-state index contributed by atoms with van der Waals surface area (Å²) < 4.78 is 32.8. The van der Waals surface area contributed by atoms with Gasteiger partial charge in [0.2, 0.25) is 0 Å². The minimum atomic E-state index is -3.44. The maximum Gasteiger partial charge on any atom is 0.252 e. The van der Waals surface area contributed by atoms with Gasteiger partial charge in [-0.05, 0) is 32.9 Å². The molecule has 2 heterocycles. The second-order valence-electron chi connectivity index (χ2n) is 5.41. The number of thiophene rings is 1. The van der Waals surface area contributed by atoms with E-state index in [9.17, 15) is 8.42 Å². The molecular formula is C12H20N2O3S2.